The Labute approximate surface area is 131 Å². The summed E-state index contributed by atoms with van der Waals surface area (Å²) in [5, 5.41) is 10.7. The van der Waals surface area contributed by atoms with Gasteiger partial charge in [-0.15, -0.1) is 0 Å². The molecule has 0 radical (unpaired) electrons. The highest BCUT2D eigenvalue weighted by Crippen LogP contribution is 2.64. The van der Waals surface area contributed by atoms with E-state index in [0.29, 0.717) is 0 Å². The third-order valence-corrected chi connectivity index (χ3v) is 5.85. The van der Waals surface area contributed by atoms with Gasteiger partial charge in [0.25, 0.3) is 5.69 Å². The third-order valence-electron chi connectivity index (χ3n) is 5.85. The molecule has 0 saturated carbocycles. The molecule has 3 fully saturated rings. The SMILES string of the molecule is C[C@@]12C(=O)N(c3ccc([N+](=O)[O-])cn3)C(=O)[C@]1(C)[C@H]1CC[C@@H]2O1. The van der Waals surface area contributed by atoms with Gasteiger partial charge in [-0.3, -0.25) is 19.7 Å². The summed E-state index contributed by atoms with van der Waals surface area (Å²) < 4.78 is 5.84. The second-order valence-corrected chi connectivity index (χ2v) is 6.67. The Balaban J connectivity index is 1.79. The van der Waals surface area contributed by atoms with Crippen LogP contribution in [0, 0.1) is 20.9 Å². The summed E-state index contributed by atoms with van der Waals surface area (Å²) >= 11 is 0. The number of pyridine rings is 1. The zero-order valence-electron chi connectivity index (χ0n) is 12.7. The Kier molecular flexibility index (Phi) is 2.56. The molecule has 4 heterocycles. The number of ether oxygens (including phenoxy) is 1. The van der Waals surface area contributed by atoms with Crippen molar-refractivity contribution >= 4 is 23.3 Å². The van der Waals surface area contributed by atoms with E-state index < -0.39 is 15.8 Å². The Bertz CT molecular complexity index is 714. The molecular weight excluding hydrogens is 302 g/mol. The second kappa shape index (κ2) is 4.14. The minimum Gasteiger partial charge on any atom is -0.373 e. The monoisotopic (exact) mass is 317 g/mol. The first kappa shape index (κ1) is 14.3. The highest BCUT2D eigenvalue weighted by Gasteiger charge is 2.77. The van der Waals surface area contributed by atoms with Crippen molar-refractivity contribution in [2.75, 3.05) is 4.90 Å². The number of rotatable bonds is 2. The number of carbonyl (C=O) groups is 2. The molecule has 2 bridgehead atoms. The van der Waals surface area contributed by atoms with Gasteiger partial charge in [0.15, 0.2) is 0 Å². The number of hydrogen-bond donors (Lipinski definition) is 0. The number of anilines is 1. The summed E-state index contributed by atoms with van der Waals surface area (Å²) in [5.41, 5.74) is -2.00. The van der Waals surface area contributed by atoms with Crippen LogP contribution in [0.2, 0.25) is 0 Å². The maximum Gasteiger partial charge on any atom is 0.287 e. The molecule has 8 heteroatoms. The van der Waals surface area contributed by atoms with Crippen LogP contribution in [0.25, 0.3) is 0 Å². The van der Waals surface area contributed by atoms with Gasteiger partial charge in [-0.1, -0.05) is 0 Å². The molecule has 4 atom stereocenters. The van der Waals surface area contributed by atoms with E-state index in [2.05, 4.69) is 4.98 Å². The number of nitrogens with zero attached hydrogens (tertiary/aromatic N) is 3. The van der Waals surface area contributed by atoms with Gasteiger partial charge in [-0.25, -0.2) is 9.88 Å². The topological polar surface area (TPSA) is 103 Å². The van der Waals surface area contributed by atoms with E-state index in [1.807, 2.05) is 0 Å². The van der Waals surface area contributed by atoms with Crippen LogP contribution >= 0.6 is 0 Å². The van der Waals surface area contributed by atoms with Crippen molar-refractivity contribution in [3.05, 3.63) is 28.4 Å². The lowest BCUT2D eigenvalue weighted by molar-refractivity contribution is -0.385. The van der Waals surface area contributed by atoms with Crippen molar-refractivity contribution in [1.82, 2.24) is 4.98 Å². The van der Waals surface area contributed by atoms with Crippen molar-refractivity contribution in [3.8, 4) is 0 Å². The first-order valence-corrected chi connectivity index (χ1v) is 7.46. The quantitative estimate of drug-likeness (QED) is 0.464. The maximum atomic E-state index is 13.0. The van der Waals surface area contributed by atoms with Crippen LogP contribution < -0.4 is 4.90 Å². The van der Waals surface area contributed by atoms with Gasteiger partial charge in [0.1, 0.15) is 12.0 Å². The first-order chi connectivity index (χ1) is 10.8. The molecule has 1 aromatic heterocycles. The van der Waals surface area contributed by atoms with Crippen LogP contribution in [-0.4, -0.2) is 33.9 Å². The largest absolute Gasteiger partial charge is 0.373 e. The van der Waals surface area contributed by atoms with Crippen LogP contribution in [0.1, 0.15) is 26.7 Å². The fraction of sp³-hybridized carbons (Fsp3) is 0.533. The molecule has 3 aliphatic heterocycles. The summed E-state index contributed by atoms with van der Waals surface area (Å²) in [6, 6.07) is 2.58. The Morgan fingerprint density at radius 3 is 2.22 bits per heavy atom. The first-order valence-electron chi connectivity index (χ1n) is 7.46. The highest BCUT2D eigenvalue weighted by atomic mass is 16.6. The molecular formula is C15H15N3O5. The van der Waals surface area contributed by atoms with Crippen LogP contribution in [-0.2, 0) is 14.3 Å². The zero-order valence-corrected chi connectivity index (χ0v) is 12.7. The van der Waals surface area contributed by atoms with Crippen LogP contribution in [0.5, 0.6) is 0 Å². The number of fused-ring (bicyclic) bond motifs is 5. The van der Waals surface area contributed by atoms with Gasteiger partial charge < -0.3 is 4.74 Å². The molecule has 0 spiro atoms. The average Bonchev–Trinajstić information content (AvgIpc) is 3.14. The molecule has 0 N–H and O–H groups in total. The number of imide groups is 1. The van der Waals surface area contributed by atoms with E-state index in [9.17, 15) is 19.7 Å². The van der Waals surface area contributed by atoms with E-state index in [1.54, 1.807) is 13.8 Å². The molecule has 0 aliphatic carbocycles. The van der Waals surface area contributed by atoms with Gasteiger partial charge in [-0.2, -0.15) is 0 Å². The number of aromatic nitrogens is 1. The van der Waals surface area contributed by atoms with Crippen molar-refractivity contribution in [2.45, 2.75) is 38.9 Å². The van der Waals surface area contributed by atoms with Crippen molar-refractivity contribution in [3.63, 3.8) is 0 Å². The molecule has 2 amide bonds. The number of hydrogen-bond acceptors (Lipinski definition) is 6. The van der Waals surface area contributed by atoms with Crippen molar-refractivity contribution < 1.29 is 19.2 Å². The summed E-state index contributed by atoms with van der Waals surface area (Å²) in [6.45, 7) is 3.56. The highest BCUT2D eigenvalue weighted by molar-refractivity contribution is 6.25. The number of nitro groups is 1. The van der Waals surface area contributed by atoms with Gasteiger partial charge >= 0.3 is 0 Å². The maximum absolute atomic E-state index is 13.0. The minimum absolute atomic E-state index is 0.127. The van der Waals surface area contributed by atoms with Gasteiger partial charge in [0.2, 0.25) is 11.8 Å². The van der Waals surface area contributed by atoms with Gasteiger partial charge in [-0.05, 0) is 32.8 Å². The fourth-order valence-electron chi connectivity index (χ4n) is 4.26. The van der Waals surface area contributed by atoms with E-state index in [1.165, 1.54) is 12.1 Å². The molecule has 3 aliphatic rings. The van der Waals surface area contributed by atoms with Crippen molar-refractivity contribution in [2.24, 2.45) is 10.8 Å². The van der Waals surface area contributed by atoms with Gasteiger partial charge in [0.05, 0.1) is 28.0 Å². The molecule has 0 aromatic carbocycles. The van der Waals surface area contributed by atoms with E-state index in [0.717, 1.165) is 23.9 Å². The van der Waals surface area contributed by atoms with Gasteiger partial charge in [0, 0.05) is 6.07 Å². The van der Waals surface area contributed by atoms with E-state index in [-0.39, 0.29) is 35.5 Å². The molecule has 4 rings (SSSR count). The second-order valence-electron chi connectivity index (χ2n) is 6.67. The summed E-state index contributed by atoms with van der Waals surface area (Å²) in [6.07, 6.45) is 2.04. The smallest absolute Gasteiger partial charge is 0.287 e. The van der Waals surface area contributed by atoms with Crippen molar-refractivity contribution in [1.29, 1.82) is 0 Å². The Hall–Kier alpha value is -2.35. The number of carbonyl (C=O) groups excluding carboxylic acids is 2. The standard InChI is InChI=1S/C15H15N3O5/c1-14-9-4-5-10(23-9)15(14,2)13(20)17(12(14)19)11-6-3-8(7-16-11)18(21)22/h3,6-7,9-10H,4-5H2,1-2H3/t9-,10+,14+,15-. The molecule has 23 heavy (non-hydrogen) atoms. The van der Waals surface area contributed by atoms with Crippen LogP contribution in [0.15, 0.2) is 18.3 Å². The predicted molar refractivity (Wildman–Crippen MR) is 77.5 cm³/mol. The molecule has 3 saturated heterocycles. The Morgan fingerprint density at radius 2 is 1.78 bits per heavy atom. The molecule has 1 aromatic rings. The van der Waals surface area contributed by atoms with E-state index in [4.69, 9.17) is 4.74 Å². The molecule has 120 valence electrons. The average molecular weight is 317 g/mol. The van der Waals surface area contributed by atoms with Crippen LogP contribution in [0.4, 0.5) is 11.5 Å². The molecule has 8 nitrogen and oxygen atoms in total. The third kappa shape index (κ3) is 1.42. The van der Waals surface area contributed by atoms with Crippen LogP contribution in [0.3, 0.4) is 0 Å². The lowest BCUT2D eigenvalue weighted by Crippen LogP contribution is -2.48. The predicted octanol–water partition coefficient (Wildman–Crippen LogP) is 1.44. The molecule has 0 unspecified atom stereocenters. The fourth-order valence-corrected chi connectivity index (χ4v) is 4.26. The lowest BCUT2D eigenvalue weighted by atomic mass is 9.59. The summed E-state index contributed by atoms with van der Waals surface area (Å²) in [7, 11) is 0. The lowest BCUT2D eigenvalue weighted by Gasteiger charge is -2.36. The minimum atomic E-state index is -0.906. The number of amides is 2. The van der Waals surface area contributed by atoms with E-state index >= 15 is 0 Å². The normalized spacial score (nSPS) is 38.3. The summed E-state index contributed by atoms with van der Waals surface area (Å²) in [4.78, 5) is 41.1. The Morgan fingerprint density at radius 1 is 1.22 bits per heavy atom. The zero-order chi connectivity index (χ0) is 16.6. The summed E-state index contributed by atoms with van der Waals surface area (Å²) in [5.74, 6) is -0.543.